The van der Waals surface area contributed by atoms with Crippen molar-refractivity contribution >= 4 is 76.5 Å². The highest BCUT2D eigenvalue weighted by Gasteiger charge is 2.24. The fourth-order valence-corrected chi connectivity index (χ4v) is 8.63. The van der Waals surface area contributed by atoms with Gasteiger partial charge in [0.2, 0.25) is 11.7 Å². The van der Waals surface area contributed by atoms with Crippen LogP contribution < -0.4 is 0 Å². The quantitative estimate of drug-likeness (QED) is 0.183. The first-order valence-electron chi connectivity index (χ1n) is 18.4. The Morgan fingerprint density at radius 2 is 1.15 bits per heavy atom. The molecule has 12 rings (SSSR count). The van der Waals surface area contributed by atoms with Crippen LogP contribution in [0, 0.1) is 0 Å². The summed E-state index contributed by atoms with van der Waals surface area (Å²) in [5.41, 5.74) is 10.7. The second-order valence-electron chi connectivity index (χ2n) is 14.1. The number of aromatic nitrogens is 5. The lowest BCUT2D eigenvalue weighted by Crippen LogP contribution is -2.03. The second kappa shape index (κ2) is 11.5. The number of nitrogens with zero attached hydrogens (tertiary/aromatic N) is 5. The summed E-state index contributed by atoms with van der Waals surface area (Å²) < 4.78 is 11.3. The van der Waals surface area contributed by atoms with Gasteiger partial charge in [0.25, 0.3) is 0 Å². The van der Waals surface area contributed by atoms with Gasteiger partial charge in [-0.25, -0.2) is 4.98 Å². The van der Waals surface area contributed by atoms with Crippen LogP contribution in [-0.4, -0.2) is 24.1 Å². The van der Waals surface area contributed by atoms with E-state index >= 15 is 0 Å². The van der Waals surface area contributed by atoms with Crippen molar-refractivity contribution in [3.63, 3.8) is 0 Å². The molecule has 5 heterocycles. The van der Waals surface area contributed by atoms with Gasteiger partial charge in [-0.05, 0) is 88.6 Å². The van der Waals surface area contributed by atoms with Gasteiger partial charge in [-0.15, -0.1) is 0 Å². The SMILES string of the molecule is c1ccc(-n2c3ccccc3c3c(-c4nc(-n5c6ccccc6c6cc7ccccc7cc65)nc5oc6ccc(-c7ccncc7)cc6c45)cccc32)cc1. The van der Waals surface area contributed by atoms with Crippen LogP contribution in [0.5, 0.6) is 0 Å². The average Bonchev–Trinajstić information content (AvgIpc) is 3.90. The third-order valence-corrected chi connectivity index (χ3v) is 11.0. The minimum absolute atomic E-state index is 0.539. The summed E-state index contributed by atoms with van der Waals surface area (Å²) in [5, 5.41) is 8.77. The van der Waals surface area contributed by atoms with Crippen molar-refractivity contribution in [1.29, 1.82) is 0 Å². The van der Waals surface area contributed by atoms with Gasteiger partial charge in [-0.2, -0.15) is 4.98 Å². The number of hydrogen-bond donors (Lipinski definition) is 0. The Morgan fingerprint density at radius 3 is 1.98 bits per heavy atom. The number of hydrogen-bond acceptors (Lipinski definition) is 4. The number of para-hydroxylation sites is 3. The van der Waals surface area contributed by atoms with Crippen LogP contribution in [0.15, 0.2) is 181 Å². The van der Waals surface area contributed by atoms with E-state index < -0.39 is 0 Å². The van der Waals surface area contributed by atoms with Gasteiger partial charge in [0.05, 0.1) is 33.1 Å². The number of furan rings is 1. The van der Waals surface area contributed by atoms with E-state index in [1.165, 1.54) is 5.39 Å². The van der Waals surface area contributed by atoms with Crippen LogP contribution in [0.4, 0.5) is 0 Å². The average molecular weight is 704 g/mol. The standard InChI is InChI=1S/C49H29N5O/c1-2-13-34(14-3-1)53-41-19-9-7-16-36(41)45-37(17-10-20-42(45)53)47-46-39-28-33(30-23-25-50-26-24-30)21-22-44(39)55-48(46)52-49(51-47)54-40-18-8-6-15-35(40)38-27-31-11-4-5-12-32(31)29-43(38)54/h1-29H. The molecule has 7 aromatic carbocycles. The maximum absolute atomic E-state index is 6.73. The fourth-order valence-electron chi connectivity index (χ4n) is 8.63. The smallest absolute Gasteiger partial charge is 0.238 e. The Morgan fingerprint density at radius 1 is 0.436 bits per heavy atom. The Hall–Kier alpha value is -7.57. The van der Waals surface area contributed by atoms with Crippen molar-refractivity contribution in [2.24, 2.45) is 0 Å². The summed E-state index contributed by atoms with van der Waals surface area (Å²) in [6.07, 6.45) is 3.65. The molecule has 0 N–H and O–H groups in total. The molecule has 0 atom stereocenters. The number of benzene rings is 7. The highest BCUT2D eigenvalue weighted by Crippen LogP contribution is 2.44. The summed E-state index contributed by atoms with van der Waals surface area (Å²) >= 11 is 0. The molecule has 12 aromatic rings. The molecule has 0 unspecified atom stereocenters. The molecule has 55 heavy (non-hydrogen) atoms. The zero-order valence-electron chi connectivity index (χ0n) is 29.4. The normalized spacial score (nSPS) is 12.0. The van der Waals surface area contributed by atoms with Crippen molar-refractivity contribution in [1.82, 2.24) is 24.1 Å². The molecule has 0 aliphatic heterocycles. The maximum atomic E-state index is 6.73. The van der Waals surface area contributed by atoms with Gasteiger partial charge in [0.15, 0.2) is 0 Å². The predicted octanol–water partition coefficient (Wildman–Crippen LogP) is 12.5. The molecular formula is C49H29N5O. The third kappa shape index (κ3) is 4.39. The first-order chi connectivity index (χ1) is 27.3. The topological polar surface area (TPSA) is 61.7 Å². The minimum Gasteiger partial charge on any atom is -0.437 e. The van der Waals surface area contributed by atoms with Crippen molar-refractivity contribution in [3.8, 4) is 34.0 Å². The monoisotopic (exact) mass is 703 g/mol. The Bertz CT molecular complexity index is 3490. The molecule has 0 fully saturated rings. The molecule has 0 aliphatic carbocycles. The second-order valence-corrected chi connectivity index (χ2v) is 14.1. The summed E-state index contributed by atoms with van der Waals surface area (Å²) in [6, 6.07) is 57.7. The molecule has 0 bridgehead atoms. The highest BCUT2D eigenvalue weighted by atomic mass is 16.3. The van der Waals surface area contributed by atoms with E-state index in [9.17, 15) is 0 Å². The Balaban J connectivity index is 1.23. The van der Waals surface area contributed by atoms with E-state index in [-0.39, 0.29) is 0 Å². The van der Waals surface area contributed by atoms with Crippen molar-refractivity contribution in [2.45, 2.75) is 0 Å². The minimum atomic E-state index is 0.539. The van der Waals surface area contributed by atoms with Gasteiger partial charge < -0.3 is 8.98 Å². The third-order valence-electron chi connectivity index (χ3n) is 11.0. The molecule has 6 nitrogen and oxygen atoms in total. The van der Waals surface area contributed by atoms with Gasteiger partial charge >= 0.3 is 0 Å². The summed E-state index contributed by atoms with van der Waals surface area (Å²) in [6.45, 7) is 0. The van der Waals surface area contributed by atoms with Crippen LogP contribution in [0.2, 0.25) is 0 Å². The fraction of sp³-hybridized carbons (Fsp3) is 0. The number of rotatable bonds is 4. The largest absolute Gasteiger partial charge is 0.437 e. The van der Waals surface area contributed by atoms with Gasteiger partial charge in [-0.3, -0.25) is 9.55 Å². The van der Waals surface area contributed by atoms with Gasteiger partial charge in [0.1, 0.15) is 5.58 Å². The van der Waals surface area contributed by atoms with E-state index in [0.717, 1.165) is 93.4 Å². The Labute approximate surface area is 314 Å². The molecule has 0 spiro atoms. The summed E-state index contributed by atoms with van der Waals surface area (Å²) in [4.78, 5) is 15.2. The first kappa shape index (κ1) is 29.9. The lowest BCUT2D eigenvalue weighted by atomic mass is 9.99. The first-order valence-corrected chi connectivity index (χ1v) is 18.4. The molecule has 6 heteroatoms. The molecule has 0 saturated carbocycles. The molecule has 0 saturated heterocycles. The van der Waals surface area contributed by atoms with E-state index in [2.05, 4.69) is 160 Å². The van der Waals surface area contributed by atoms with Gasteiger partial charge in [-0.1, -0.05) is 97.1 Å². The van der Waals surface area contributed by atoms with Crippen LogP contribution in [0.1, 0.15) is 0 Å². The predicted molar refractivity (Wildman–Crippen MR) is 224 cm³/mol. The summed E-state index contributed by atoms with van der Waals surface area (Å²) in [7, 11) is 0. The number of pyridine rings is 1. The van der Waals surface area contributed by atoms with Crippen LogP contribution in [-0.2, 0) is 0 Å². The lowest BCUT2D eigenvalue weighted by Gasteiger charge is -2.12. The van der Waals surface area contributed by atoms with Crippen molar-refractivity contribution in [3.05, 3.63) is 176 Å². The molecule has 256 valence electrons. The molecule has 0 radical (unpaired) electrons. The Kier molecular flexibility index (Phi) is 6.24. The van der Waals surface area contributed by atoms with E-state index in [0.29, 0.717) is 11.7 Å². The van der Waals surface area contributed by atoms with Crippen LogP contribution >= 0.6 is 0 Å². The highest BCUT2D eigenvalue weighted by molar-refractivity contribution is 6.20. The van der Waals surface area contributed by atoms with Gasteiger partial charge in [0, 0.05) is 50.6 Å². The van der Waals surface area contributed by atoms with Crippen molar-refractivity contribution in [2.75, 3.05) is 0 Å². The summed E-state index contributed by atoms with van der Waals surface area (Å²) in [5.74, 6) is 0.557. The van der Waals surface area contributed by atoms with Crippen LogP contribution in [0.25, 0.3) is 110 Å². The van der Waals surface area contributed by atoms with Crippen molar-refractivity contribution < 1.29 is 4.42 Å². The zero-order chi connectivity index (χ0) is 36.0. The maximum Gasteiger partial charge on any atom is 0.238 e. The molecule has 5 aromatic heterocycles. The molecular weight excluding hydrogens is 675 g/mol. The zero-order valence-corrected chi connectivity index (χ0v) is 29.4. The van der Waals surface area contributed by atoms with Crippen LogP contribution in [0.3, 0.4) is 0 Å². The lowest BCUT2D eigenvalue weighted by molar-refractivity contribution is 0.651. The molecule has 0 amide bonds. The van der Waals surface area contributed by atoms with E-state index in [1.54, 1.807) is 0 Å². The molecule has 0 aliphatic rings. The number of fused-ring (bicyclic) bond motifs is 10. The van der Waals surface area contributed by atoms with E-state index in [4.69, 9.17) is 14.4 Å². The van der Waals surface area contributed by atoms with E-state index in [1.807, 2.05) is 30.6 Å².